The van der Waals surface area contributed by atoms with Crippen LogP contribution in [0.3, 0.4) is 0 Å². The Morgan fingerprint density at radius 3 is 2.38 bits per heavy atom. The number of amides is 1. The summed E-state index contributed by atoms with van der Waals surface area (Å²) in [6.45, 7) is 0. The first-order valence-electron chi connectivity index (χ1n) is 8.97. The molecule has 0 saturated carbocycles. The van der Waals surface area contributed by atoms with E-state index in [1.807, 2.05) is 55.4 Å². The quantitative estimate of drug-likeness (QED) is 0.701. The van der Waals surface area contributed by atoms with E-state index in [-0.39, 0.29) is 11.1 Å². The average molecular weight is 384 g/mol. The fraction of sp³-hybridized carbons (Fsp3) is 0.0870. The Bertz CT molecular complexity index is 1140. The van der Waals surface area contributed by atoms with Gasteiger partial charge in [0.25, 0.3) is 11.5 Å². The first-order chi connectivity index (χ1) is 14.0. The molecule has 0 spiro atoms. The van der Waals surface area contributed by atoms with Crippen LogP contribution < -0.4 is 15.8 Å². The fourth-order valence-electron chi connectivity index (χ4n) is 2.73. The zero-order chi connectivity index (χ0) is 20.8. The van der Waals surface area contributed by atoms with Crippen molar-refractivity contribution < 1.29 is 4.79 Å². The van der Waals surface area contributed by atoms with E-state index in [9.17, 15) is 9.59 Å². The molecule has 0 fully saturated rings. The summed E-state index contributed by atoms with van der Waals surface area (Å²) in [4.78, 5) is 29.5. The summed E-state index contributed by atoms with van der Waals surface area (Å²) in [5, 5.41) is 11.9. The van der Waals surface area contributed by atoms with Crippen LogP contribution >= 0.6 is 0 Å². The van der Waals surface area contributed by atoms with Crippen molar-refractivity contribution in [2.24, 2.45) is 0 Å². The highest BCUT2D eigenvalue weighted by atomic mass is 16.2. The van der Waals surface area contributed by atoms with Crippen LogP contribution in [-0.2, 0) is 0 Å². The van der Waals surface area contributed by atoms with Crippen molar-refractivity contribution >= 4 is 29.4 Å². The molecule has 3 aromatic rings. The van der Waals surface area contributed by atoms with Crippen LogP contribution in [-0.4, -0.2) is 25.0 Å². The Morgan fingerprint density at radius 2 is 1.76 bits per heavy atom. The van der Waals surface area contributed by atoms with Crippen LogP contribution in [0.25, 0.3) is 12.2 Å². The molecule has 0 bridgehead atoms. The highest BCUT2D eigenvalue weighted by Crippen LogP contribution is 2.16. The molecule has 3 rings (SSSR count). The van der Waals surface area contributed by atoms with E-state index in [2.05, 4.69) is 10.3 Å². The molecule has 1 amide bonds. The van der Waals surface area contributed by atoms with E-state index in [0.29, 0.717) is 11.4 Å². The van der Waals surface area contributed by atoms with Crippen LogP contribution in [0.4, 0.5) is 11.4 Å². The standard InChI is InChI=1S/C23H20N4O2/c1-27(2)19-11-8-16(9-12-19)10-13-21-20(14-17(15-24)22(28)26-21)23(29)25-18-6-4-3-5-7-18/h3-14H,1-2H3,(H,25,29)(H,26,28)/b13-10+. The van der Waals surface area contributed by atoms with E-state index in [4.69, 9.17) is 5.26 Å². The molecule has 0 aliphatic heterocycles. The van der Waals surface area contributed by atoms with Crippen molar-refractivity contribution in [2.75, 3.05) is 24.3 Å². The zero-order valence-electron chi connectivity index (χ0n) is 16.1. The van der Waals surface area contributed by atoms with Gasteiger partial charge in [0.1, 0.15) is 11.6 Å². The third-order valence-electron chi connectivity index (χ3n) is 4.32. The van der Waals surface area contributed by atoms with Crippen molar-refractivity contribution in [3.05, 3.63) is 93.4 Å². The largest absolute Gasteiger partial charge is 0.378 e. The Kier molecular flexibility index (Phi) is 5.91. The first kappa shape index (κ1) is 19.6. The highest BCUT2D eigenvalue weighted by Gasteiger charge is 2.14. The summed E-state index contributed by atoms with van der Waals surface area (Å²) in [5.74, 6) is -0.411. The summed E-state index contributed by atoms with van der Waals surface area (Å²) >= 11 is 0. The molecule has 144 valence electrons. The number of hydrogen-bond acceptors (Lipinski definition) is 4. The molecule has 0 unspecified atom stereocenters. The van der Waals surface area contributed by atoms with Gasteiger partial charge >= 0.3 is 0 Å². The van der Waals surface area contributed by atoms with Gasteiger partial charge in [0.2, 0.25) is 0 Å². The van der Waals surface area contributed by atoms with Crippen LogP contribution in [0.1, 0.15) is 27.2 Å². The van der Waals surface area contributed by atoms with E-state index >= 15 is 0 Å². The molecule has 2 aromatic carbocycles. The lowest BCUT2D eigenvalue weighted by Crippen LogP contribution is -2.20. The number of anilines is 2. The molecule has 6 nitrogen and oxygen atoms in total. The lowest BCUT2D eigenvalue weighted by molar-refractivity contribution is 0.102. The molecule has 1 aromatic heterocycles. The first-order valence-corrected chi connectivity index (χ1v) is 8.97. The van der Waals surface area contributed by atoms with Gasteiger partial charge < -0.3 is 15.2 Å². The maximum Gasteiger partial charge on any atom is 0.266 e. The summed E-state index contributed by atoms with van der Waals surface area (Å²) in [7, 11) is 3.92. The Hall–Kier alpha value is -4.11. The Morgan fingerprint density at radius 1 is 1.07 bits per heavy atom. The summed E-state index contributed by atoms with van der Waals surface area (Å²) < 4.78 is 0. The van der Waals surface area contributed by atoms with E-state index < -0.39 is 11.5 Å². The zero-order valence-corrected chi connectivity index (χ0v) is 16.1. The lowest BCUT2D eigenvalue weighted by Gasteiger charge is -2.12. The molecule has 2 N–H and O–H groups in total. The topological polar surface area (TPSA) is 89.0 Å². The van der Waals surface area contributed by atoms with Gasteiger partial charge in [0, 0.05) is 25.5 Å². The SMILES string of the molecule is CN(C)c1ccc(/C=C/c2[nH]c(=O)c(C#N)cc2C(=O)Nc2ccccc2)cc1. The number of nitrogens with one attached hydrogen (secondary N) is 2. The molecule has 0 aliphatic carbocycles. The number of benzene rings is 2. The van der Waals surface area contributed by atoms with E-state index in [1.54, 1.807) is 36.4 Å². The van der Waals surface area contributed by atoms with Gasteiger partial charge in [0.05, 0.1) is 11.3 Å². The van der Waals surface area contributed by atoms with Crippen LogP contribution in [0, 0.1) is 11.3 Å². The predicted molar refractivity (Wildman–Crippen MR) is 116 cm³/mol. The monoisotopic (exact) mass is 384 g/mol. The van der Waals surface area contributed by atoms with Crippen molar-refractivity contribution in [3.8, 4) is 6.07 Å². The second-order valence-corrected chi connectivity index (χ2v) is 6.59. The number of aromatic amines is 1. The van der Waals surface area contributed by atoms with Crippen LogP contribution in [0.2, 0.25) is 0 Å². The summed E-state index contributed by atoms with van der Waals surface area (Å²) in [6.07, 6.45) is 3.46. The summed E-state index contributed by atoms with van der Waals surface area (Å²) in [5.41, 5.74) is 2.50. The number of carbonyl (C=O) groups is 1. The second kappa shape index (κ2) is 8.72. The molecule has 6 heteroatoms. The van der Waals surface area contributed by atoms with Crippen LogP contribution in [0.5, 0.6) is 0 Å². The van der Waals surface area contributed by atoms with Gasteiger partial charge in [-0.2, -0.15) is 5.26 Å². The number of para-hydroxylation sites is 1. The smallest absolute Gasteiger partial charge is 0.266 e. The molecular weight excluding hydrogens is 364 g/mol. The number of rotatable bonds is 5. The molecule has 0 radical (unpaired) electrons. The summed E-state index contributed by atoms with van der Waals surface area (Å²) in [6, 6.07) is 19.9. The van der Waals surface area contributed by atoms with Crippen LogP contribution in [0.15, 0.2) is 65.5 Å². The van der Waals surface area contributed by atoms with Gasteiger partial charge in [-0.15, -0.1) is 0 Å². The van der Waals surface area contributed by atoms with Gasteiger partial charge in [-0.05, 0) is 42.0 Å². The number of nitrogens with zero attached hydrogens (tertiary/aromatic N) is 2. The second-order valence-electron chi connectivity index (χ2n) is 6.59. The minimum atomic E-state index is -0.536. The highest BCUT2D eigenvalue weighted by molar-refractivity contribution is 6.06. The molecule has 0 saturated heterocycles. The maximum atomic E-state index is 12.8. The molecule has 0 atom stereocenters. The number of nitriles is 1. The number of H-pyrrole nitrogens is 1. The van der Waals surface area contributed by atoms with Gasteiger partial charge in [-0.25, -0.2) is 0 Å². The number of aromatic nitrogens is 1. The third-order valence-corrected chi connectivity index (χ3v) is 4.32. The number of pyridine rings is 1. The molecule has 29 heavy (non-hydrogen) atoms. The minimum Gasteiger partial charge on any atom is -0.378 e. The number of hydrogen-bond donors (Lipinski definition) is 2. The molecule has 0 aliphatic rings. The fourth-order valence-corrected chi connectivity index (χ4v) is 2.73. The van der Waals surface area contributed by atoms with Crippen molar-refractivity contribution in [2.45, 2.75) is 0 Å². The minimum absolute atomic E-state index is 0.115. The van der Waals surface area contributed by atoms with Crippen molar-refractivity contribution in [3.63, 3.8) is 0 Å². The van der Waals surface area contributed by atoms with E-state index in [1.165, 1.54) is 6.07 Å². The normalized spacial score (nSPS) is 10.5. The Balaban J connectivity index is 1.94. The number of carbonyl (C=O) groups excluding carboxylic acids is 1. The van der Waals surface area contributed by atoms with Gasteiger partial charge in [-0.1, -0.05) is 36.4 Å². The van der Waals surface area contributed by atoms with E-state index in [0.717, 1.165) is 11.3 Å². The third kappa shape index (κ3) is 4.79. The van der Waals surface area contributed by atoms with Gasteiger partial charge in [0.15, 0.2) is 0 Å². The maximum absolute atomic E-state index is 12.8. The lowest BCUT2D eigenvalue weighted by atomic mass is 10.1. The predicted octanol–water partition coefficient (Wildman–Crippen LogP) is 3.74. The molecular formula is C23H20N4O2. The van der Waals surface area contributed by atoms with Crippen molar-refractivity contribution in [1.29, 1.82) is 5.26 Å². The van der Waals surface area contributed by atoms with Crippen molar-refractivity contribution in [1.82, 2.24) is 4.98 Å². The average Bonchev–Trinajstić information content (AvgIpc) is 2.73. The van der Waals surface area contributed by atoms with Gasteiger partial charge in [-0.3, -0.25) is 9.59 Å². The molecule has 1 heterocycles. The Labute approximate surface area is 168 Å².